The highest BCUT2D eigenvalue weighted by Gasteiger charge is 2.38. The Morgan fingerprint density at radius 3 is 2.38 bits per heavy atom. The fourth-order valence-electron chi connectivity index (χ4n) is 5.00. The first-order valence-electron chi connectivity index (χ1n) is 9.66. The van der Waals surface area contributed by atoms with Gasteiger partial charge >= 0.3 is 0 Å². The van der Waals surface area contributed by atoms with Crippen LogP contribution in [0.15, 0.2) is 42.5 Å². The van der Waals surface area contributed by atoms with E-state index < -0.39 is 0 Å². The molecule has 2 heteroatoms. The monoisotopic (exact) mass is 323 g/mol. The maximum absolute atomic E-state index is 10.3. The zero-order valence-electron chi connectivity index (χ0n) is 14.6. The summed E-state index contributed by atoms with van der Waals surface area (Å²) in [5.41, 5.74) is 1.31. The lowest BCUT2D eigenvalue weighted by Crippen LogP contribution is -2.45. The second-order valence-electron chi connectivity index (χ2n) is 7.79. The Kier molecular flexibility index (Phi) is 4.60. The first kappa shape index (κ1) is 16.1. The fourth-order valence-corrected chi connectivity index (χ4v) is 5.00. The van der Waals surface area contributed by atoms with Gasteiger partial charge < -0.3 is 10.0 Å². The number of rotatable bonds is 3. The average molecular weight is 323 g/mol. The molecule has 0 amide bonds. The topological polar surface area (TPSA) is 23.5 Å². The summed E-state index contributed by atoms with van der Waals surface area (Å²) < 4.78 is 0. The summed E-state index contributed by atoms with van der Waals surface area (Å²) in [6, 6.07) is 16.0. The van der Waals surface area contributed by atoms with Gasteiger partial charge in [-0.25, -0.2) is 0 Å². The average Bonchev–Trinajstić information content (AvgIpc) is 2.68. The van der Waals surface area contributed by atoms with Crippen LogP contribution in [0.5, 0.6) is 0 Å². The van der Waals surface area contributed by atoms with Crippen LogP contribution in [0, 0.1) is 0 Å². The molecule has 1 saturated carbocycles. The maximum atomic E-state index is 10.3. The molecule has 24 heavy (non-hydrogen) atoms. The predicted octanol–water partition coefficient (Wildman–Crippen LogP) is 4.50. The van der Waals surface area contributed by atoms with Crippen LogP contribution in [-0.4, -0.2) is 35.7 Å². The van der Waals surface area contributed by atoms with Crippen molar-refractivity contribution in [1.82, 2.24) is 4.90 Å². The molecule has 1 N–H and O–H groups in total. The van der Waals surface area contributed by atoms with Gasteiger partial charge in [-0.05, 0) is 68.0 Å². The molecule has 2 aliphatic rings. The smallest absolute Gasteiger partial charge is 0.0528 e. The summed E-state index contributed by atoms with van der Waals surface area (Å²) in [5, 5.41) is 13.0. The lowest BCUT2D eigenvalue weighted by molar-refractivity contribution is 0.0782. The molecule has 0 unspecified atom stereocenters. The van der Waals surface area contributed by atoms with Crippen LogP contribution in [0.3, 0.4) is 0 Å². The van der Waals surface area contributed by atoms with Crippen LogP contribution in [0.1, 0.15) is 50.5 Å². The highest BCUT2D eigenvalue weighted by molar-refractivity contribution is 5.86. The van der Waals surface area contributed by atoms with Crippen molar-refractivity contribution in [3.05, 3.63) is 48.0 Å². The van der Waals surface area contributed by atoms with Crippen molar-refractivity contribution in [3.63, 3.8) is 0 Å². The van der Waals surface area contributed by atoms with Crippen LogP contribution in [0.2, 0.25) is 0 Å². The second kappa shape index (κ2) is 6.85. The minimum absolute atomic E-state index is 0.0485. The lowest BCUT2D eigenvalue weighted by Gasteiger charge is -2.44. The molecule has 2 nitrogen and oxygen atoms in total. The van der Waals surface area contributed by atoms with Gasteiger partial charge in [-0.15, -0.1) is 0 Å². The van der Waals surface area contributed by atoms with Gasteiger partial charge in [-0.2, -0.15) is 0 Å². The number of likely N-dealkylation sites (tertiary alicyclic amines) is 1. The van der Waals surface area contributed by atoms with E-state index in [9.17, 15) is 5.11 Å². The minimum Gasteiger partial charge on any atom is -0.395 e. The molecule has 0 atom stereocenters. The zero-order chi connectivity index (χ0) is 16.4. The van der Waals surface area contributed by atoms with E-state index in [0.29, 0.717) is 0 Å². The summed E-state index contributed by atoms with van der Waals surface area (Å²) >= 11 is 0. The standard InChI is InChI=1S/C22H29NO/c24-17-22(21-10-6-8-18-7-2-3-9-20(18)21)13-11-19(12-14-22)23-15-4-1-5-16-23/h2-3,6-10,19,24H,1,4-5,11-17H2/t19-,22-. The lowest BCUT2D eigenvalue weighted by atomic mass is 9.67. The summed E-state index contributed by atoms with van der Waals surface area (Å²) in [5.74, 6) is 0. The van der Waals surface area contributed by atoms with E-state index in [1.54, 1.807) is 0 Å². The molecular formula is C22H29NO. The van der Waals surface area contributed by atoms with E-state index >= 15 is 0 Å². The highest BCUT2D eigenvalue weighted by atomic mass is 16.3. The number of hydrogen-bond acceptors (Lipinski definition) is 2. The molecule has 0 aromatic heterocycles. The molecule has 2 fully saturated rings. The van der Waals surface area contributed by atoms with Gasteiger partial charge in [-0.1, -0.05) is 48.9 Å². The van der Waals surface area contributed by atoms with Gasteiger partial charge in [0, 0.05) is 11.5 Å². The molecule has 1 aliphatic carbocycles. The fraction of sp³-hybridized carbons (Fsp3) is 0.545. The maximum Gasteiger partial charge on any atom is 0.0528 e. The molecule has 2 aromatic rings. The van der Waals surface area contributed by atoms with Gasteiger partial charge in [0.05, 0.1) is 6.61 Å². The van der Waals surface area contributed by atoms with Crippen molar-refractivity contribution >= 4 is 10.8 Å². The van der Waals surface area contributed by atoms with E-state index in [0.717, 1.165) is 18.9 Å². The summed E-state index contributed by atoms with van der Waals surface area (Å²) in [6.45, 7) is 2.84. The van der Waals surface area contributed by atoms with Crippen molar-refractivity contribution in [2.45, 2.75) is 56.4 Å². The van der Waals surface area contributed by atoms with Gasteiger partial charge in [0.25, 0.3) is 0 Å². The minimum atomic E-state index is -0.0485. The molecule has 0 radical (unpaired) electrons. The highest BCUT2D eigenvalue weighted by Crippen LogP contribution is 2.43. The van der Waals surface area contributed by atoms with Crippen molar-refractivity contribution < 1.29 is 5.11 Å². The molecule has 4 rings (SSSR count). The van der Waals surface area contributed by atoms with Crippen LogP contribution < -0.4 is 0 Å². The number of aliphatic hydroxyl groups is 1. The zero-order valence-corrected chi connectivity index (χ0v) is 14.6. The number of piperidine rings is 1. The van der Waals surface area contributed by atoms with Crippen molar-refractivity contribution in [2.75, 3.05) is 19.7 Å². The predicted molar refractivity (Wildman–Crippen MR) is 100 cm³/mol. The van der Waals surface area contributed by atoms with Crippen LogP contribution in [0.25, 0.3) is 10.8 Å². The second-order valence-corrected chi connectivity index (χ2v) is 7.79. The van der Waals surface area contributed by atoms with Crippen LogP contribution >= 0.6 is 0 Å². The molecule has 1 heterocycles. The Bertz CT molecular complexity index is 676. The number of benzene rings is 2. The van der Waals surface area contributed by atoms with E-state index in [-0.39, 0.29) is 12.0 Å². The van der Waals surface area contributed by atoms with Crippen LogP contribution in [-0.2, 0) is 5.41 Å². The number of hydrogen-bond donors (Lipinski definition) is 1. The van der Waals surface area contributed by atoms with Gasteiger partial charge in [0.2, 0.25) is 0 Å². The Hall–Kier alpha value is -1.38. The van der Waals surface area contributed by atoms with Gasteiger partial charge in [0.15, 0.2) is 0 Å². The van der Waals surface area contributed by atoms with Crippen molar-refractivity contribution in [2.24, 2.45) is 0 Å². The summed E-state index contributed by atoms with van der Waals surface area (Å²) in [6.07, 6.45) is 8.81. The molecule has 1 aliphatic heterocycles. The Labute approximate surface area is 145 Å². The molecule has 2 aromatic carbocycles. The third-order valence-corrected chi connectivity index (χ3v) is 6.48. The summed E-state index contributed by atoms with van der Waals surface area (Å²) in [7, 11) is 0. The summed E-state index contributed by atoms with van der Waals surface area (Å²) in [4.78, 5) is 2.72. The number of nitrogens with zero attached hydrogens (tertiary/aromatic N) is 1. The Balaban J connectivity index is 1.59. The van der Waals surface area contributed by atoms with Gasteiger partial charge in [-0.3, -0.25) is 0 Å². The normalized spacial score (nSPS) is 29.0. The van der Waals surface area contributed by atoms with E-state index in [1.807, 2.05) is 0 Å². The van der Waals surface area contributed by atoms with E-state index in [4.69, 9.17) is 0 Å². The SMILES string of the molecule is OC[C@]1(c2cccc3ccccc32)CC[C@H](N2CCCCC2)CC1. The molecule has 0 bridgehead atoms. The first-order chi connectivity index (χ1) is 11.8. The van der Waals surface area contributed by atoms with E-state index in [2.05, 4.69) is 47.4 Å². The largest absolute Gasteiger partial charge is 0.395 e. The van der Waals surface area contributed by atoms with Crippen molar-refractivity contribution in [1.29, 1.82) is 0 Å². The molecular weight excluding hydrogens is 294 g/mol. The number of fused-ring (bicyclic) bond motifs is 1. The van der Waals surface area contributed by atoms with Gasteiger partial charge in [0.1, 0.15) is 0 Å². The Morgan fingerprint density at radius 1 is 0.917 bits per heavy atom. The third kappa shape index (κ3) is 2.87. The molecule has 128 valence electrons. The Morgan fingerprint density at radius 2 is 1.62 bits per heavy atom. The third-order valence-electron chi connectivity index (χ3n) is 6.48. The van der Waals surface area contributed by atoms with Crippen molar-refractivity contribution in [3.8, 4) is 0 Å². The van der Waals surface area contributed by atoms with Crippen LogP contribution in [0.4, 0.5) is 0 Å². The molecule has 0 spiro atoms. The first-order valence-corrected chi connectivity index (χ1v) is 9.66. The number of aliphatic hydroxyl groups excluding tert-OH is 1. The quantitative estimate of drug-likeness (QED) is 0.899. The van der Waals surface area contributed by atoms with E-state index in [1.165, 1.54) is 61.5 Å². The molecule has 1 saturated heterocycles.